The summed E-state index contributed by atoms with van der Waals surface area (Å²) >= 11 is 0. The van der Waals surface area contributed by atoms with Gasteiger partial charge in [0.05, 0.1) is 25.4 Å². The minimum atomic E-state index is -0.350. The number of ether oxygens (including phenoxy) is 2. The minimum absolute atomic E-state index is 0.0568. The van der Waals surface area contributed by atoms with Crippen molar-refractivity contribution in [3.8, 4) is 0 Å². The lowest BCUT2D eigenvalue weighted by molar-refractivity contribution is -0.195. The molecule has 338 valence electrons. The molecule has 0 bridgehead atoms. The average molecular weight is 835 g/mol. The van der Waals surface area contributed by atoms with Crippen LogP contribution in [-0.4, -0.2) is 59.1 Å². The first-order valence-corrected chi connectivity index (χ1v) is 24.7. The number of rotatable bonds is 8. The molecule has 0 aromatic carbocycles. The largest absolute Gasteiger partial charge is 0.466 e. The van der Waals surface area contributed by atoms with E-state index >= 15 is 0 Å². The van der Waals surface area contributed by atoms with E-state index in [1.807, 2.05) is 6.08 Å². The molecule has 8 aliphatic rings. The third-order valence-electron chi connectivity index (χ3n) is 20.5. The molecule has 8 rings (SSSR count). The van der Waals surface area contributed by atoms with Crippen molar-refractivity contribution in [2.24, 2.45) is 98.6 Å². The van der Waals surface area contributed by atoms with Crippen molar-refractivity contribution in [3.05, 3.63) is 11.6 Å². The molecule has 7 saturated carbocycles. The van der Waals surface area contributed by atoms with E-state index < -0.39 is 0 Å². The summed E-state index contributed by atoms with van der Waals surface area (Å²) in [5, 5.41) is 23.3. The fraction of sp³-hybridized carbons (Fsp3) is 0.885. The molecule has 0 spiro atoms. The highest BCUT2D eigenvalue weighted by Gasteiger charge is 2.66. The van der Waals surface area contributed by atoms with Gasteiger partial charge in [-0.15, -0.1) is 0 Å². The Bertz CT molecular complexity index is 1670. The predicted octanol–water partition coefficient (Wildman–Crippen LogP) is 9.96. The topological polar surface area (TPSA) is 127 Å². The van der Waals surface area contributed by atoms with Gasteiger partial charge in [-0.1, -0.05) is 67.4 Å². The number of esters is 2. The quantitative estimate of drug-likeness (QED) is 0.232. The van der Waals surface area contributed by atoms with E-state index in [9.17, 15) is 29.4 Å². The number of Topliss-reactive ketones (excluding diaryl/α,β-unsaturated/α-hetero) is 1. The van der Waals surface area contributed by atoms with Crippen molar-refractivity contribution in [1.82, 2.24) is 0 Å². The van der Waals surface area contributed by atoms with Gasteiger partial charge in [-0.3, -0.25) is 19.2 Å². The number of carbonyl (C=O) groups is 4. The zero-order chi connectivity index (χ0) is 43.7. The van der Waals surface area contributed by atoms with Crippen molar-refractivity contribution in [2.45, 2.75) is 178 Å². The summed E-state index contributed by atoms with van der Waals surface area (Å²) in [6.07, 6.45) is 16.5. The first-order chi connectivity index (χ1) is 28.3. The van der Waals surface area contributed by atoms with E-state index in [0.29, 0.717) is 96.9 Å². The van der Waals surface area contributed by atoms with E-state index in [-0.39, 0.29) is 63.4 Å². The molecule has 0 aliphatic heterocycles. The smallest absolute Gasteiger partial charge is 0.302 e. The molecule has 60 heavy (non-hydrogen) atoms. The highest BCUT2D eigenvalue weighted by molar-refractivity contribution is 5.91. The van der Waals surface area contributed by atoms with Crippen LogP contribution in [0.25, 0.3) is 0 Å². The molecule has 19 atom stereocenters. The van der Waals surface area contributed by atoms with Crippen LogP contribution >= 0.6 is 0 Å². The molecule has 0 saturated heterocycles. The van der Waals surface area contributed by atoms with Crippen LogP contribution in [0.2, 0.25) is 0 Å². The number of aliphatic hydroxyl groups excluding tert-OH is 2. The Morgan fingerprint density at radius 2 is 1.18 bits per heavy atom. The number of hydrogen-bond acceptors (Lipinski definition) is 8. The standard InChI is InChI=1S/C26H42O4.C26H40O4/c2*1-6-18-22-13-17(28)9-11-26(22,5)21-10-12-25(4)19(15(2)14-30-16(3)27)7-8-20(25)23(21)24(18)29/h15,18-24,29H,6-14H2,1-5H3;13,15,18-21,23-24,29H,6-12,14H2,1-5H3/t15-,18-,19-,20?,21?,22?,23?,24+,25-,26-;15-,18-,19-,20?,21?,23?,24+,25-,26-/m11/s1. The van der Waals surface area contributed by atoms with Gasteiger partial charge < -0.3 is 19.7 Å². The van der Waals surface area contributed by atoms with Crippen molar-refractivity contribution < 1.29 is 38.9 Å². The SMILES string of the molecule is CC[C@@H]1C2=CC(=O)CC[C@]2(C)C2CC[C@@]3(C)C(CC[C@@H]3[C@H](C)COC(C)=O)C2[C@H]1O.CC[C@@H]1C2CC(=O)CC[C@]2(C)C2CC[C@@]3(C)C(CC[C@@H]3[C@H](C)COC(C)=O)C2[C@H]1O. The van der Waals surface area contributed by atoms with Gasteiger partial charge in [0.1, 0.15) is 5.78 Å². The maximum absolute atomic E-state index is 12.3. The molecular weight excluding hydrogens is 753 g/mol. The van der Waals surface area contributed by atoms with Crippen LogP contribution in [0.15, 0.2) is 11.6 Å². The van der Waals surface area contributed by atoms with Gasteiger partial charge in [0.25, 0.3) is 0 Å². The Balaban J connectivity index is 0.000000181. The Labute approximate surface area is 362 Å². The highest BCUT2D eigenvalue weighted by Crippen LogP contribution is 2.71. The summed E-state index contributed by atoms with van der Waals surface area (Å²) in [7, 11) is 0. The first kappa shape index (κ1) is 45.9. The Kier molecular flexibility index (Phi) is 13.1. The lowest BCUT2D eigenvalue weighted by Gasteiger charge is -2.64. The highest BCUT2D eigenvalue weighted by atomic mass is 16.5. The Morgan fingerprint density at radius 3 is 1.70 bits per heavy atom. The summed E-state index contributed by atoms with van der Waals surface area (Å²) in [5.41, 5.74) is 1.91. The fourth-order valence-corrected chi connectivity index (χ4v) is 17.6. The second-order valence-corrected chi connectivity index (χ2v) is 23.0. The zero-order valence-electron chi connectivity index (χ0n) is 39.1. The molecule has 8 nitrogen and oxygen atoms in total. The number of fused-ring (bicyclic) bond motifs is 10. The van der Waals surface area contributed by atoms with Crippen LogP contribution in [0, 0.1) is 98.6 Å². The molecule has 0 amide bonds. The molecule has 7 unspecified atom stereocenters. The van der Waals surface area contributed by atoms with Gasteiger partial charge >= 0.3 is 11.9 Å². The van der Waals surface area contributed by atoms with Crippen LogP contribution in [0.5, 0.6) is 0 Å². The molecule has 0 aromatic heterocycles. The van der Waals surface area contributed by atoms with Crippen molar-refractivity contribution >= 4 is 23.5 Å². The summed E-state index contributed by atoms with van der Waals surface area (Å²) in [6.45, 7) is 22.6. The van der Waals surface area contributed by atoms with Gasteiger partial charge in [0.2, 0.25) is 0 Å². The first-order valence-electron chi connectivity index (χ1n) is 24.7. The molecule has 8 heteroatoms. The van der Waals surface area contributed by atoms with E-state index in [4.69, 9.17) is 9.47 Å². The van der Waals surface area contributed by atoms with Crippen LogP contribution in [0.4, 0.5) is 0 Å². The predicted molar refractivity (Wildman–Crippen MR) is 233 cm³/mol. The van der Waals surface area contributed by atoms with Gasteiger partial charge in [0, 0.05) is 39.0 Å². The Hall–Kier alpha value is -2.06. The van der Waals surface area contributed by atoms with Crippen molar-refractivity contribution in [1.29, 1.82) is 0 Å². The van der Waals surface area contributed by atoms with Crippen LogP contribution in [0.3, 0.4) is 0 Å². The lowest BCUT2D eigenvalue weighted by atomic mass is 9.41. The second-order valence-electron chi connectivity index (χ2n) is 23.0. The van der Waals surface area contributed by atoms with Crippen LogP contribution in [0.1, 0.15) is 166 Å². The number of hydrogen-bond donors (Lipinski definition) is 2. The van der Waals surface area contributed by atoms with Gasteiger partial charge in [-0.25, -0.2) is 0 Å². The molecule has 0 aromatic rings. The molecule has 2 N–H and O–H groups in total. The number of carbonyl (C=O) groups excluding carboxylic acids is 4. The number of ketones is 2. The maximum Gasteiger partial charge on any atom is 0.302 e. The van der Waals surface area contributed by atoms with Gasteiger partial charge in [0.15, 0.2) is 5.78 Å². The van der Waals surface area contributed by atoms with E-state index in [0.717, 1.165) is 51.4 Å². The summed E-state index contributed by atoms with van der Waals surface area (Å²) < 4.78 is 10.8. The third kappa shape index (κ3) is 7.51. The normalized spacial score (nSPS) is 47.7. The molecule has 8 aliphatic carbocycles. The molecular formula is C52H82O8. The minimum Gasteiger partial charge on any atom is -0.466 e. The summed E-state index contributed by atoms with van der Waals surface area (Å²) in [5.74, 6) is 5.50. The third-order valence-corrected chi connectivity index (χ3v) is 20.5. The van der Waals surface area contributed by atoms with Crippen molar-refractivity contribution in [3.63, 3.8) is 0 Å². The van der Waals surface area contributed by atoms with E-state index in [1.54, 1.807) is 0 Å². The van der Waals surface area contributed by atoms with Gasteiger partial charge in [-0.2, -0.15) is 0 Å². The van der Waals surface area contributed by atoms with Crippen LogP contribution in [-0.2, 0) is 28.7 Å². The monoisotopic (exact) mass is 835 g/mol. The van der Waals surface area contributed by atoms with E-state index in [1.165, 1.54) is 51.5 Å². The second kappa shape index (κ2) is 17.1. The van der Waals surface area contributed by atoms with Crippen LogP contribution < -0.4 is 0 Å². The fourth-order valence-electron chi connectivity index (χ4n) is 17.6. The number of aliphatic hydroxyl groups is 2. The Morgan fingerprint density at radius 1 is 0.667 bits per heavy atom. The average Bonchev–Trinajstić information content (AvgIpc) is 3.74. The maximum atomic E-state index is 12.3. The van der Waals surface area contributed by atoms with Crippen molar-refractivity contribution in [2.75, 3.05) is 13.2 Å². The summed E-state index contributed by atoms with van der Waals surface area (Å²) in [6, 6.07) is 0. The van der Waals surface area contributed by atoms with E-state index in [2.05, 4.69) is 55.4 Å². The summed E-state index contributed by atoms with van der Waals surface area (Å²) in [4.78, 5) is 47.3. The molecule has 0 heterocycles. The molecule has 0 radical (unpaired) electrons. The van der Waals surface area contributed by atoms with Gasteiger partial charge in [-0.05, 0) is 169 Å². The molecule has 7 fully saturated rings. The zero-order valence-corrected chi connectivity index (χ0v) is 39.1. The lowest BCUT2D eigenvalue weighted by Crippen LogP contribution is -2.62.